The van der Waals surface area contributed by atoms with Gasteiger partial charge in [0.05, 0.1) is 23.7 Å². The third kappa shape index (κ3) is 20.2. The van der Waals surface area contributed by atoms with Crippen LogP contribution in [0.1, 0.15) is 109 Å². The van der Waals surface area contributed by atoms with Crippen LogP contribution in [0, 0.1) is 41.9 Å². The number of esters is 3. The molecule has 12 heteroatoms. The molecule has 1 unspecified atom stereocenters. The van der Waals surface area contributed by atoms with E-state index < -0.39 is 54.1 Å². The molecule has 6 atom stereocenters. The molecular formula is C43H60O12. The summed E-state index contributed by atoms with van der Waals surface area (Å²) in [6.07, 6.45) is 16.8. The van der Waals surface area contributed by atoms with Gasteiger partial charge in [-0.3, -0.25) is 14.4 Å². The molecule has 12 nitrogen and oxygen atoms in total. The first-order valence-electron chi connectivity index (χ1n) is 19.3. The van der Waals surface area contributed by atoms with E-state index in [1.165, 1.54) is 12.5 Å². The van der Waals surface area contributed by atoms with Crippen molar-refractivity contribution in [3.63, 3.8) is 0 Å². The number of unbranched alkanes of at least 4 members (excludes halogenated alkanes) is 3. The Balaban J connectivity index is 1.72. The number of aryl methyl sites for hydroxylation is 1. The second kappa shape index (κ2) is 26.4. The SMILES string of the molecule is C#CCCCC(=O)OCC(C)(COC(=O)CCCC#C)COC(=O)OC(C)OC(=O)CCC/C=C\C[C@@H]1[C@@H](CC[C@@H](O)CCc2ccccc2)[C@H](O)C[C@@H]1O. The van der Waals surface area contributed by atoms with Crippen LogP contribution >= 0.6 is 0 Å². The van der Waals surface area contributed by atoms with E-state index in [4.69, 9.17) is 36.5 Å². The van der Waals surface area contributed by atoms with Gasteiger partial charge in [0.15, 0.2) is 0 Å². The predicted octanol–water partition coefficient (Wildman–Crippen LogP) is 5.98. The molecule has 1 aliphatic carbocycles. The lowest BCUT2D eigenvalue weighted by Crippen LogP contribution is -2.37. The molecule has 0 radical (unpaired) electrons. The van der Waals surface area contributed by atoms with Gasteiger partial charge in [0.25, 0.3) is 0 Å². The van der Waals surface area contributed by atoms with Crippen molar-refractivity contribution in [1.29, 1.82) is 0 Å². The summed E-state index contributed by atoms with van der Waals surface area (Å²) in [6.45, 7) is 2.22. The highest BCUT2D eigenvalue weighted by molar-refractivity contribution is 5.70. The van der Waals surface area contributed by atoms with Crippen LogP contribution < -0.4 is 0 Å². The van der Waals surface area contributed by atoms with Crippen LogP contribution in [0.2, 0.25) is 0 Å². The monoisotopic (exact) mass is 768 g/mol. The van der Waals surface area contributed by atoms with E-state index in [0.29, 0.717) is 70.6 Å². The number of benzene rings is 1. The molecule has 0 aliphatic heterocycles. The van der Waals surface area contributed by atoms with Gasteiger partial charge < -0.3 is 39.0 Å². The maximum atomic E-state index is 12.4. The van der Waals surface area contributed by atoms with E-state index in [0.717, 1.165) is 6.42 Å². The first-order valence-corrected chi connectivity index (χ1v) is 19.3. The smallest absolute Gasteiger partial charge is 0.465 e. The Morgan fingerprint density at radius 1 is 0.818 bits per heavy atom. The van der Waals surface area contributed by atoms with Gasteiger partial charge in [-0.2, -0.15) is 0 Å². The van der Waals surface area contributed by atoms with Crippen molar-refractivity contribution < 1.29 is 58.2 Å². The van der Waals surface area contributed by atoms with Crippen LogP contribution in [0.3, 0.4) is 0 Å². The van der Waals surface area contributed by atoms with Crippen molar-refractivity contribution in [1.82, 2.24) is 0 Å². The van der Waals surface area contributed by atoms with Crippen molar-refractivity contribution in [2.45, 2.75) is 135 Å². The Morgan fingerprint density at radius 3 is 2.02 bits per heavy atom. The first kappa shape index (κ1) is 46.8. The summed E-state index contributed by atoms with van der Waals surface area (Å²) < 4.78 is 26.1. The molecule has 0 saturated heterocycles. The van der Waals surface area contributed by atoms with Crippen molar-refractivity contribution in [3.8, 4) is 24.7 Å². The summed E-state index contributed by atoms with van der Waals surface area (Å²) in [5, 5.41) is 31.7. The van der Waals surface area contributed by atoms with Crippen LogP contribution in [0.15, 0.2) is 42.5 Å². The van der Waals surface area contributed by atoms with E-state index in [2.05, 4.69) is 11.8 Å². The minimum Gasteiger partial charge on any atom is -0.465 e. The molecule has 3 N–H and O–H groups in total. The molecule has 1 saturated carbocycles. The van der Waals surface area contributed by atoms with Crippen LogP contribution in [-0.4, -0.2) is 83.8 Å². The van der Waals surface area contributed by atoms with E-state index in [1.54, 1.807) is 6.92 Å². The lowest BCUT2D eigenvalue weighted by molar-refractivity contribution is -0.169. The zero-order chi connectivity index (χ0) is 40.5. The Kier molecular flexibility index (Phi) is 22.5. The Hall–Kier alpha value is -4.36. The zero-order valence-corrected chi connectivity index (χ0v) is 32.4. The highest BCUT2D eigenvalue weighted by Crippen LogP contribution is 2.38. The number of allylic oxidation sites excluding steroid dienone is 2. The molecule has 1 aliphatic rings. The topological polar surface area (TPSA) is 175 Å². The van der Waals surface area contributed by atoms with Gasteiger partial charge >= 0.3 is 24.1 Å². The third-order valence-corrected chi connectivity index (χ3v) is 9.46. The van der Waals surface area contributed by atoms with Gasteiger partial charge in [0.2, 0.25) is 6.29 Å². The van der Waals surface area contributed by atoms with Gasteiger partial charge in [-0.15, -0.1) is 24.7 Å². The molecule has 1 aromatic rings. The lowest BCUT2D eigenvalue weighted by atomic mass is 9.85. The second-order valence-corrected chi connectivity index (χ2v) is 14.5. The third-order valence-electron chi connectivity index (χ3n) is 9.46. The van der Waals surface area contributed by atoms with Gasteiger partial charge in [0.1, 0.15) is 19.8 Å². The molecule has 0 heterocycles. The van der Waals surface area contributed by atoms with Crippen LogP contribution in [0.25, 0.3) is 0 Å². The fourth-order valence-electron chi connectivity index (χ4n) is 6.27. The summed E-state index contributed by atoms with van der Waals surface area (Å²) >= 11 is 0. The lowest BCUT2D eigenvalue weighted by Gasteiger charge is -2.28. The van der Waals surface area contributed by atoms with Crippen molar-refractivity contribution >= 4 is 24.1 Å². The highest BCUT2D eigenvalue weighted by Gasteiger charge is 2.40. The van der Waals surface area contributed by atoms with E-state index in [1.807, 2.05) is 42.5 Å². The fourth-order valence-corrected chi connectivity index (χ4v) is 6.27. The molecule has 2 rings (SSSR count). The van der Waals surface area contributed by atoms with E-state index in [9.17, 15) is 34.5 Å². The van der Waals surface area contributed by atoms with Gasteiger partial charge in [-0.1, -0.05) is 42.5 Å². The molecule has 1 aromatic carbocycles. The van der Waals surface area contributed by atoms with E-state index >= 15 is 0 Å². The van der Waals surface area contributed by atoms with Crippen molar-refractivity contribution in [2.24, 2.45) is 17.3 Å². The largest absolute Gasteiger partial charge is 0.511 e. The number of hydrogen-bond acceptors (Lipinski definition) is 12. The fraction of sp³-hybridized carbons (Fsp3) is 0.628. The molecular weight excluding hydrogens is 708 g/mol. The summed E-state index contributed by atoms with van der Waals surface area (Å²) in [4.78, 5) is 49.1. The average molecular weight is 769 g/mol. The molecule has 304 valence electrons. The van der Waals surface area contributed by atoms with Gasteiger partial charge in [0, 0.05) is 39.0 Å². The van der Waals surface area contributed by atoms with Crippen molar-refractivity contribution in [3.05, 3.63) is 48.0 Å². The minimum absolute atomic E-state index is 0.0683. The quantitative estimate of drug-likeness (QED) is 0.0252. The minimum atomic E-state index is -1.24. The number of ether oxygens (including phenoxy) is 5. The number of carbonyl (C=O) groups is 4. The predicted molar refractivity (Wildman–Crippen MR) is 205 cm³/mol. The number of aliphatic hydroxyl groups is 3. The zero-order valence-electron chi connectivity index (χ0n) is 32.4. The number of hydrogen-bond donors (Lipinski definition) is 3. The van der Waals surface area contributed by atoms with Gasteiger partial charge in [-0.25, -0.2) is 4.79 Å². The number of carbonyl (C=O) groups excluding carboxylic acids is 4. The molecule has 55 heavy (non-hydrogen) atoms. The first-order chi connectivity index (χ1) is 26.4. The summed E-state index contributed by atoms with van der Waals surface area (Å²) in [5.41, 5.74) is 0.0720. The summed E-state index contributed by atoms with van der Waals surface area (Å²) in [6, 6.07) is 9.99. The summed E-state index contributed by atoms with van der Waals surface area (Å²) in [5.74, 6) is 3.09. The second-order valence-electron chi connectivity index (χ2n) is 14.5. The number of rotatable bonds is 26. The highest BCUT2D eigenvalue weighted by atomic mass is 16.8. The normalized spacial score (nSPS) is 19.1. The van der Waals surface area contributed by atoms with Crippen LogP contribution in [-0.2, 0) is 44.5 Å². The molecule has 0 aromatic heterocycles. The van der Waals surface area contributed by atoms with E-state index in [-0.39, 0.29) is 50.9 Å². The molecule has 0 amide bonds. The standard InChI is InChI=1S/C43H60O12/c1-5-7-12-21-39(47)51-29-43(4,30-52-40(48)22-13-8-6-2)31-53-42(50)55-32(3)54-41(49)23-17-10-9-16-20-35-36(38(46)28-37(35)45)27-26-34(44)25-24-33-18-14-11-15-19-33/h1-2,9,11,14-16,18-19,32,34-38,44-46H,7-8,10,12-13,17,20-31H2,3-4H3/b16-9-/t32?,34-,35+,36+,37-,38+/m0/s1. The molecule has 1 fully saturated rings. The van der Waals surface area contributed by atoms with Crippen LogP contribution in [0.5, 0.6) is 0 Å². The average Bonchev–Trinajstić information content (AvgIpc) is 3.43. The van der Waals surface area contributed by atoms with Crippen LogP contribution in [0.4, 0.5) is 4.79 Å². The maximum absolute atomic E-state index is 12.4. The molecule has 0 spiro atoms. The Bertz CT molecular complexity index is 1370. The van der Waals surface area contributed by atoms with Gasteiger partial charge in [-0.05, 0) is 88.5 Å². The molecule has 0 bridgehead atoms. The maximum Gasteiger partial charge on any atom is 0.511 e. The number of terminal acetylenes is 2. The Morgan fingerprint density at radius 2 is 1.40 bits per heavy atom. The number of aliphatic hydroxyl groups excluding tert-OH is 3. The van der Waals surface area contributed by atoms with Crippen molar-refractivity contribution in [2.75, 3.05) is 19.8 Å². The summed E-state index contributed by atoms with van der Waals surface area (Å²) in [7, 11) is 0. The Labute approximate surface area is 326 Å².